The van der Waals surface area contributed by atoms with Gasteiger partial charge in [0, 0.05) is 24.1 Å². The molecule has 6 heteroatoms. The van der Waals surface area contributed by atoms with Crippen molar-refractivity contribution in [1.82, 2.24) is 10.2 Å². The summed E-state index contributed by atoms with van der Waals surface area (Å²) in [7, 11) is 1.51. The van der Waals surface area contributed by atoms with E-state index in [9.17, 15) is 14.3 Å². The summed E-state index contributed by atoms with van der Waals surface area (Å²) in [5.74, 6) is 0.000488. The normalized spacial score (nSPS) is 18.8. The highest BCUT2D eigenvalue weighted by Gasteiger charge is 2.33. The van der Waals surface area contributed by atoms with Gasteiger partial charge in [-0.2, -0.15) is 0 Å². The zero-order valence-electron chi connectivity index (χ0n) is 18.6. The highest BCUT2D eigenvalue weighted by Crippen LogP contribution is 2.35. The average molecular weight is 411 g/mol. The fourth-order valence-corrected chi connectivity index (χ4v) is 4.02. The number of ether oxygens (including phenoxy) is 1. The second-order valence-electron chi connectivity index (χ2n) is 7.91. The number of aliphatic hydroxyl groups is 1. The predicted octanol–water partition coefficient (Wildman–Crippen LogP) is 4.11. The van der Waals surface area contributed by atoms with Crippen LogP contribution in [0.2, 0.25) is 0 Å². The molecule has 0 spiro atoms. The maximum absolute atomic E-state index is 14.6. The fourth-order valence-electron chi connectivity index (χ4n) is 4.02. The Balaban J connectivity index is 2.92. The van der Waals surface area contributed by atoms with Crippen molar-refractivity contribution in [1.29, 1.82) is 0 Å². The van der Waals surface area contributed by atoms with E-state index in [1.165, 1.54) is 25.7 Å². The smallest absolute Gasteiger partial charge is 0.237 e. The molecular formula is C23H39FN2O3. The molecule has 2 N–H and O–H groups in total. The van der Waals surface area contributed by atoms with Crippen molar-refractivity contribution >= 4 is 5.91 Å². The van der Waals surface area contributed by atoms with Crippen LogP contribution >= 0.6 is 0 Å². The molecule has 29 heavy (non-hydrogen) atoms. The molecule has 1 amide bonds. The molecule has 0 bridgehead atoms. The monoisotopic (exact) mass is 410 g/mol. The number of nitrogens with zero attached hydrogens (tertiary/aromatic N) is 1. The standard InChI is InChI=1S/C23H39FN2O3/c1-6-12-20(24)19(18(4)29-5)15-26(8-3)21(7-2)22(28)25-16-23(17-27)13-10-9-11-14-23/h6,12,21,27H,1,7-11,13-17H2,2-5H3,(H,25,28)/b19-18+,20-12+. The Labute approximate surface area is 175 Å². The number of carbonyl (C=O) groups excluding carboxylic acids is 1. The SMILES string of the molecule is C=C/C=C(F)\C(CN(CC)C(CC)C(=O)NCC1(CO)CCCCC1)=C(/C)OC. The summed E-state index contributed by atoms with van der Waals surface area (Å²) in [6, 6.07) is -0.379. The lowest BCUT2D eigenvalue weighted by atomic mass is 9.74. The van der Waals surface area contributed by atoms with Gasteiger partial charge < -0.3 is 15.2 Å². The van der Waals surface area contributed by atoms with Crippen molar-refractivity contribution < 1.29 is 19.0 Å². The van der Waals surface area contributed by atoms with E-state index in [-0.39, 0.29) is 30.5 Å². The Morgan fingerprint density at radius 3 is 2.48 bits per heavy atom. The van der Waals surface area contributed by atoms with Crippen LogP contribution in [0, 0.1) is 5.41 Å². The average Bonchev–Trinajstić information content (AvgIpc) is 2.75. The molecule has 1 aliphatic rings. The summed E-state index contributed by atoms with van der Waals surface area (Å²) < 4.78 is 19.8. The van der Waals surface area contributed by atoms with E-state index in [2.05, 4.69) is 11.9 Å². The van der Waals surface area contributed by atoms with Crippen molar-refractivity contribution in [2.45, 2.75) is 65.3 Å². The van der Waals surface area contributed by atoms with E-state index in [0.717, 1.165) is 25.7 Å². The molecule has 1 atom stereocenters. The topological polar surface area (TPSA) is 61.8 Å². The molecule has 1 aliphatic carbocycles. The highest BCUT2D eigenvalue weighted by atomic mass is 19.1. The van der Waals surface area contributed by atoms with E-state index in [1.54, 1.807) is 6.92 Å². The van der Waals surface area contributed by atoms with Crippen molar-refractivity contribution in [3.63, 3.8) is 0 Å². The number of methoxy groups -OCH3 is 1. The number of aliphatic hydroxyl groups excluding tert-OH is 1. The first-order chi connectivity index (χ1) is 13.9. The molecule has 0 aliphatic heterocycles. The number of rotatable bonds is 12. The number of halogens is 1. The van der Waals surface area contributed by atoms with E-state index < -0.39 is 5.83 Å². The molecule has 1 saturated carbocycles. The molecule has 0 radical (unpaired) electrons. The molecule has 0 aromatic heterocycles. The molecule has 1 fully saturated rings. The van der Waals surface area contributed by atoms with E-state index in [4.69, 9.17) is 4.74 Å². The number of nitrogens with one attached hydrogen (secondary N) is 1. The van der Waals surface area contributed by atoms with Gasteiger partial charge >= 0.3 is 0 Å². The minimum absolute atomic E-state index is 0.0738. The van der Waals surface area contributed by atoms with Crippen LogP contribution in [0.3, 0.4) is 0 Å². The number of likely N-dealkylation sites (N-methyl/N-ethyl adjacent to an activating group) is 1. The third-order valence-corrected chi connectivity index (χ3v) is 6.07. The summed E-state index contributed by atoms with van der Waals surface area (Å²) in [4.78, 5) is 14.9. The van der Waals surface area contributed by atoms with Crippen LogP contribution in [0.25, 0.3) is 0 Å². The van der Waals surface area contributed by atoms with Crippen molar-refractivity contribution in [3.8, 4) is 0 Å². The zero-order valence-corrected chi connectivity index (χ0v) is 18.6. The Kier molecular flexibility index (Phi) is 11.2. The van der Waals surface area contributed by atoms with Gasteiger partial charge in [-0.15, -0.1) is 0 Å². The molecular weight excluding hydrogens is 371 g/mol. The third-order valence-electron chi connectivity index (χ3n) is 6.07. The molecule has 1 rings (SSSR count). The van der Waals surface area contributed by atoms with Crippen LogP contribution in [0.5, 0.6) is 0 Å². The first kappa shape index (κ1) is 25.4. The number of amides is 1. The quantitative estimate of drug-likeness (QED) is 0.376. The second-order valence-corrected chi connectivity index (χ2v) is 7.91. The second kappa shape index (κ2) is 12.8. The predicted molar refractivity (Wildman–Crippen MR) is 116 cm³/mol. The minimum Gasteiger partial charge on any atom is -0.501 e. The highest BCUT2D eigenvalue weighted by molar-refractivity contribution is 5.81. The first-order valence-corrected chi connectivity index (χ1v) is 10.7. The van der Waals surface area contributed by atoms with Crippen LogP contribution in [-0.2, 0) is 9.53 Å². The lowest BCUT2D eigenvalue weighted by molar-refractivity contribution is -0.127. The van der Waals surface area contributed by atoms with Crippen LogP contribution in [0.1, 0.15) is 59.3 Å². The van der Waals surface area contributed by atoms with E-state index >= 15 is 0 Å². The lowest BCUT2D eigenvalue weighted by Crippen LogP contribution is -2.50. The minimum atomic E-state index is -0.408. The molecule has 5 nitrogen and oxygen atoms in total. The Hall–Kier alpha value is -1.66. The third kappa shape index (κ3) is 7.27. The van der Waals surface area contributed by atoms with Crippen LogP contribution < -0.4 is 5.32 Å². The zero-order chi connectivity index (χ0) is 21.9. The van der Waals surface area contributed by atoms with E-state index in [0.29, 0.717) is 30.8 Å². The van der Waals surface area contributed by atoms with Crippen molar-refractivity contribution in [2.75, 3.05) is 33.4 Å². The summed E-state index contributed by atoms with van der Waals surface area (Å²) in [6.45, 7) is 10.6. The Morgan fingerprint density at radius 2 is 2.00 bits per heavy atom. The lowest BCUT2D eigenvalue weighted by Gasteiger charge is -2.37. The summed E-state index contributed by atoms with van der Waals surface area (Å²) in [5, 5.41) is 13.0. The number of allylic oxidation sites excluding steroid dienone is 3. The molecule has 166 valence electrons. The van der Waals surface area contributed by atoms with Crippen LogP contribution in [-0.4, -0.2) is 55.3 Å². The molecule has 0 heterocycles. The number of hydrogen-bond donors (Lipinski definition) is 2. The van der Waals surface area contributed by atoms with Gasteiger partial charge in [0.2, 0.25) is 5.91 Å². The van der Waals surface area contributed by atoms with Gasteiger partial charge in [0.15, 0.2) is 0 Å². The van der Waals surface area contributed by atoms with Crippen LogP contribution in [0.4, 0.5) is 4.39 Å². The van der Waals surface area contributed by atoms with Gasteiger partial charge in [0.05, 0.1) is 25.5 Å². The van der Waals surface area contributed by atoms with Gasteiger partial charge in [-0.25, -0.2) is 4.39 Å². The van der Waals surface area contributed by atoms with E-state index in [1.807, 2.05) is 18.7 Å². The van der Waals surface area contributed by atoms with Gasteiger partial charge in [0.1, 0.15) is 5.83 Å². The maximum Gasteiger partial charge on any atom is 0.237 e. The maximum atomic E-state index is 14.6. The summed E-state index contributed by atoms with van der Waals surface area (Å²) in [5.41, 5.74) is 0.208. The fraction of sp³-hybridized carbons (Fsp3) is 0.696. The van der Waals surface area contributed by atoms with Gasteiger partial charge in [-0.05, 0) is 38.8 Å². The molecule has 0 aromatic carbocycles. The van der Waals surface area contributed by atoms with Gasteiger partial charge in [0.25, 0.3) is 0 Å². The van der Waals surface area contributed by atoms with Crippen molar-refractivity contribution in [3.05, 3.63) is 35.9 Å². The number of carbonyl (C=O) groups is 1. The molecule has 0 aromatic rings. The number of hydrogen-bond acceptors (Lipinski definition) is 4. The van der Waals surface area contributed by atoms with Crippen molar-refractivity contribution in [2.24, 2.45) is 5.41 Å². The van der Waals surface area contributed by atoms with Gasteiger partial charge in [-0.3, -0.25) is 9.69 Å². The summed E-state index contributed by atoms with van der Waals surface area (Å²) >= 11 is 0. The Morgan fingerprint density at radius 1 is 1.34 bits per heavy atom. The molecule has 0 saturated heterocycles. The largest absolute Gasteiger partial charge is 0.501 e. The first-order valence-electron chi connectivity index (χ1n) is 10.7. The van der Waals surface area contributed by atoms with Crippen LogP contribution in [0.15, 0.2) is 35.9 Å². The summed E-state index contributed by atoms with van der Waals surface area (Å²) in [6.07, 6.45) is 8.57. The van der Waals surface area contributed by atoms with Gasteiger partial charge in [-0.1, -0.05) is 45.8 Å². The Bertz CT molecular complexity index is 595. The molecule has 1 unspecified atom stereocenters.